The highest BCUT2D eigenvalue weighted by molar-refractivity contribution is 5.76. The summed E-state index contributed by atoms with van der Waals surface area (Å²) in [6.45, 7) is 4.25. The molecule has 4 heteroatoms. The first-order valence-electron chi connectivity index (χ1n) is 14.9. The first-order valence-corrected chi connectivity index (χ1v) is 14.9. The number of amides is 1. The predicted octanol–water partition coefficient (Wildman–Crippen LogP) is 8.00. The Morgan fingerprint density at radius 3 is 1.53 bits per heavy atom. The second-order valence-electron chi connectivity index (χ2n) is 10.2. The summed E-state index contributed by atoms with van der Waals surface area (Å²) in [6, 6.07) is -0.611. The Balaban J connectivity index is 3.67. The zero-order chi connectivity index (χ0) is 25.1. The van der Waals surface area contributed by atoms with Crippen molar-refractivity contribution in [2.75, 3.05) is 6.61 Å². The van der Waals surface area contributed by atoms with Crippen LogP contribution in [0.25, 0.3) is 0 Å². The number of unbranched alkanes of at least 4 members (excludes halogenated alkanes) is 19. The van der Waals surface area contributed by atoms with Gasteiger partial charge in [0.05, 0.1) is 18.8 Å². The molecule has 4 nitrogen and oxygen atoms in total. The van der Waals surface area contributed by atoms with Crippen molar-refractivity contribution >= 4 is 5.91 Å². The molecular weight excluding hydrogens is 422 g/mol. The molecule has 0 aromatic rings. The van der Waals surface area contributed by atoms with E-state index in [1.165, 1.54) is 109 Å². The molecule has 0 aliphatic heterocycles. The summed E-state index contributed by atoms with van der Waals surface area (Å²) in [5.74, 6) is -0.0709. The first kappa shape index (κ1) is 33.1. The number of hydrogen-bond acceptors (Lipinski definition) is 3. The van der Waals surface area contributed by atoms with Crippen LogP contribution in [0.15, 0.2) is 12.2 Å². The maximum atomic E-state index is 12.1. The maximum Gasteiger partial charge on any atom is 0.220 e. The molecular formula is C30H59NO3. The molecule has 34 heavy (non-hydrogen) atoms. The number of rotatable bonds is 26. The summed E-state index contributed by atoms with van der Waals surface area (Å²) in [6.07, 6.45) is 30.0. The zero-order valence-corrected chi connectivity index (χ0v) is 22.9. The van der Waals surface area contributed by atoms with E-state index >= 15 is 0 Å². The average Bonchev–Trinajstić information content (AvgIpc) is 2.84. The SMILES string of the molecule is CCCCCCCCCCCCCC/C=C/[C@@H](O)[C@H](CO)NC(=O)CCCCCCCCCC. The maximum absolute atomic E-state index is 12.1. The Bertz CT molecular complexity index is 452. The summed E-state index contributed by atoms with van der Waals surface area (Å²) in [4.78, 5) is 12.1. The monoisotopic (exact) mass is 481 g/mol. The van der Waals surface area contributed by atoms with E-state index in [4.69, 9.17) is 0 Å². The van der Waals surface area contributed by atoms with Crippen molar-refractivity contribution in [1.82, 2.24) is 5.32 Å². The molecule has 202 valence electrons. The quantitative estimate of drug-likeness (QED) is 0.0865. The third kappa shape index (κ3) is 22.9. The lowest BCUT2D eigenvalue weighted by atomic mass is 10.0. The van der Waals surface area contributed by atoms with Crippen molar-refractivity contribution < 1.29 is 15.0 Å². The van der Waals surface area contributed by atoms with Crippen LogP contribution >= 0.6 is 0 Å². The number of aliphatic hydroxyl groups excluding tert-OH is 2. The molecule has 1 amide bonds. The van der Waals surface area contributed by atoms with Gasteiger partial charge in [0.1, 0.15) is 0 Å². The van der Waals surface area contributed by atoms with Crippen LogP contribution < -0.4 is 5.32 Å². The molecule has 0 heterocycles. The van der Waals surface area contributed by atoms with Crippen LogP contribution in [-0.4, -0.2) is 34.9 Å². The van der Waals surface area contributed by atoms with Gasteiger partial charge in [0.2, 0.25) is 5.91 Å². The highest BCUT2D eigenvalue weighted by atomic mass is 16.3. The smallest absolute Gasteiger partial charge is 0.220 e. The van der Waals surface area contributed by atoms with Gasteiger partial charge >= 0.3 is 0 Å². The van der Waals surface area contributed by atoms with E-state index < -0.39 is 12.1 Å². The van der Waals surface area contributed by atoms with Crippen LogP contribution in [0.3, 0.4) is 0 Å². The van der Waals surface area contributed by atoms with Crippen molar-refractivity contribution in [3.8, 4) is 0 Å². The van der Waals surface area contributed by atoms with Gasteiger partial charge < -0.3 is 15.5 Å². The minimum Gasteiger partial charge on any atom is -0.394 e. The number of carbonyl (C=O) groups excluding carboxylic acids is 1. The fraction of sp³-hybridized carbons (Fsp3) is 0.900. The van der Waals surface area contributed by atoms with E-state index in [2.05, 4.69) is 19.2 Å². The second kappa shape index (κ2) is 26.7. The van der Waals surface area contributed by atoms with Gasteiger partial charge in [-0.1, -0.05) is 142 Å². The molecule has 0 fully saturated rings. The Morgan fingerprint density at radius 1 is 0.676 bits per heavy atom. The normalized spacial score (nSPS) is 13.4. The molecule has 0 aliphatic rings. The molecule has 0 aliphatic carbocycles. The molecule has 0 rings (SSSR count). The molecule has 0 aromatic heterocycles. The van der Waals surface area contributed by atoms with Crippen molar-refractivity contribution in [2.24, 2.45) is 0 Å². The van der Waals surface area contributed by atoms with Crippen molar-refractivity contribution in [2.45, 2.75) is 167 Å². The summed E-state index contributed by atoms with van der Waals surface area (Å²) < 4.78 is 0. The molecule has 0 radical (unpaired) electrons. The Morgan fingerprint density at radius 2 is 1.09 bits per heavy atom. The lowest BCUT2D eigenvalue weighted by Gasteiger charge is -2.20. The van der Waals surface area contributed by atoms with E-state index in [1.807, 2.05) is 6.08 Å². The fourth-order valence-corrected chi connectivity index (χ4v) is 4.41. The Kier molecular flexibility index (Phi) is 26.0. The van der Waals surface area contributed by atoms with Crippen molar-refractivity contribution in [3.05, 3.63) is 12.2 Å². The van der Waals surface area contributed by atoms with Crippen molar-refractivity contribution in [3.63, 3.8) is 0 Å². The average molecular weight is 482 g/mol. The second-order valence-corrected chi connectivity index (χ2v) is 10.2. The number of allylic oxidation sites excluding steroid dienone is 1. The van der Waals surface area contributed by atoms with Crippen LogP contribution in [0.2, 0.25) is 0 Å². The number of carbonyl (C=O) groups is 1. The lowest BCUT2D eigenvalue weighted by molar-refractivity contribution is -0.123. The van der Waals surface area contributed by atoms with Crippen LogP contribution in [0.5, 0.6) is 0 Å². The lowest BCUT2D eigenvalue weighted by Crippen LogP contribution is -2.45. The minimum atomic E-state index is -0.829. The van der Waals surface area contributed by atoms with E-state index in [9.17, 15) is 15.0 Å². The molecule has 0 saturated carbocycles. The van der Waals surface area contributed by atoms with Gasteiger partial charge in [-0.3, -0.25) is 4.79 Å². The Labute approximate surface area is 212 Å². The number of aliphatic hydroxyl groups is 2. The van der Waals surface area contributed by atoms with E-state index in [1.54, 1.807) is 6.08 Å². The third-order valence-corrected chi connectivity index (χ3v) is 6.77. The van der Waals surface area contributed by atoms with E-state index in [0.717, 1.165) is 25.7 Å². The standard InChI is InChI=1S/C30H59NO3/c1-3-5-7-9-11-13-14-15-16-17-18-19-21-23-25-29(33)28(27-32)31-30(34)26-24-22-20-12-10-8-6-4-2/h23,25,28-29,32-33H,3-22,24,26-27H2,1-2H3,(H,31,34)/b25-23+/t28-,29+/m0/s1. The van der Waals surface area contributed by atoms with Crippen LogP contribution in [0, 0.1) is 0 Å². The highest BCUT2D eigenvalue weighted by Gasteiger charge is 2.17. The van der Waals surface area contributed by atoms with Crippen LogP contribution in [0.4, 0.5) is 0 Å². The fourth-order valence-electron chi connectivity index (χ4n) is 4.41. The number of nitrogens with one attached hydrogen (secondary N) is 1. The molecule has 2 atom stereocenters. The third-order valence-electron chi connectivity index (χ3n) is 6.77. The highest BCUT2D eigenvalue weighted by Crippen LogP contribution is 2.13. The van der Waals surface area contributed by atoms with Crippen LogP contribution in [-0.2, 0) is 4.79 Å². The molecule has 3 N–H and O–H groups in total. The molecule has 0 unspecified atom stereocenters. The minimum absolute atomic E-state index is 0.0709. The summed E-state index contributed by atoms with van der Waals surface area (Å²) >= 11 is 0. The van der Waals surface area contributed by atoms with Gasteiger partial charge in [-0.2, -0.15) is 0 Å². The molecule has 0 spiro atoms. The Hall–Kier alpha value is -0.870. The largest absolute Gasteiger partial charge is 0.394 e. The predicted molar refractivity (Wildman–Crippen MR) is 147 cm³/mol. The molecule has 0 saturated heterocycles. The van der Waals surface area contributed by atoms with Gasteiger partial charge in [0, 0.05) is 6.42 Å². The van der Waals surface area contributed by atoms with E-state index in [0.29, 0.717) is 6.42 Å². The number of hydrogen-bond donors (Lipinski definition) is 3. The van der Waals surface area contributed by atoms with Gasteiger partial charge in [-0.15, -0.1) is 0 Å². The zero-order valence-electron chi connectivity index (χ0n) is 22.9. The summed E-state index contributed by atoms with van der Waals surface area (Å²) in [5.41, 5.74) is 0. The van der Waals surface area contributed by atoms with Gasteiger partial charge in [-0.25, -0.2) is 0 Å². The molecule has 0 bridgehead atoms. The molecule has 0 aromatic carbocycles. The summed E-state index contributed by atoms with van der Waals surface area (Å²) in [7, 11) is 0. The first-order chi connectivity index (χ1) is 16.7. The topological polar surface area (TPSA) is 69.6 Å². The van der Waals surface area contributed by atoms with Crippen LogP contribution in [0.1, 0.15) is 155 Å². The van der Waals surface area contributed by atoms with E-state index in [-0.39, 0.29) is 12.5 Å². The summed E-state index contributed by atoms with van der Waals surface area (Å²) in [5, 5.41) is 22.7. The van der Waals surface area contributed by atoms with Crippen molar-refractivity contribution in [1.29, 1.82) is 0 Å². The van der Waals surface area contributed by atoms with Gasteiger partial charge in [0.25, 0.3) is 0 Å². The van der Waals surface area contributed by atoms with Gasteiger partial charge in [0.15, 0.2) is 0 Å². The van der Waals surface area contributed by atoms with Gasteiger partial charge in [-0.05, 0) is 19.3 Å².